The number of hydrogen-bond acceptors (Lipinski definition) is 5. The van der Waals surface area contributed by atoms with Crippen LogP contribution in [0.1, 0.15) is 31.8 Å². The van der Waals surface area contributed by atoms with Gasteiger partial charge in [-0.15, -0.1) is 0 Å². The molecular weight excluding hydrogens is 489 g/mol. The first-order valence-electron chi connectivity index (χ1n) is 11.7. The topological polar surface area (TPSA) is 99.4 Å². The molecule has 0 radical (unpaired) electrons. The van der Waals surface area contributed by atoms with Crippen molar-refractivity contribution in [2.45, 2.75) is 13.8 Å². The maximum atomic E-state index is 14.9. The average Bonchev–Trinajstić information content (AvgIpc) is 2.92. The first-order chi connectivity index (χ1) is 18.1. The number of aromatic nitrogens is 2. The van der Waals surface area contributed by atoms with Gasteiger partial charge in [0.2, 0.25) is 0 Å². The Hall–Kier alpha value is -4.79. The first-order valence-corrected chi connectivity index (χ1v) is 11.7. The van der Waals surface area contributed by atoms with E-state index < -0.39 is 23.0 Å². The van der Waals surface area contributed by atoms with E-state index in [0.29, 0.717) is 23.1 Å². The van der Waals surface area contributed by atoms with Crippen molar-refractivity contribution in [2.75, 3.05) is 12.4 Å². The van der Waals surface area contributed by atoms with Gasteiger partial charge in [-0.05, 0) is 65.4 Å². The number of methoxy groups -OCH3 is 1. The summed E-state index contributed by atoms with van der Waals surface area (Å²) >= 11 is 0. The van der Waals surface area contributed by atoms with Crippen molar-refractivity contribution >= 4 is 17.9 Å². The standard InChI is InChI=1S/C29H26FN3O5/c1-16-20(10-7-11-24(16)31-27(35)22-14-32(3)29(37)33(4)28(22)36)18-8-6-9-19(12-18)21-13-25(38-5)23(15-34)26(30)17(21)2/h6-15H,1-5H3,(H,31,35). The minimum atomic E-state index is -0.689. The minimum Gasteiger partial charge on any atom is -0.496 e. The molecule has 4 aromatic rings. The third-order valence-electron chi connectivity index (χ3n) is 6.61. The lowest BCUT2D eigenvalue weighted by Crippen LogP contribution is -2.40. The van der Waals surface area contributed by atoms with E-state index in [2.05, 4.69) is 5.32 Å². The fourth-order valence-corrected chi connectivity index (χ4v) is 4.42. The highest BCUT2D eigenvalue weighted by Crippen LogP contribution is 2.36. The van der Waals surface area contributed by atoms with E-state index in [0.717, 1.165) is 26.8 Å². The number of amides is 1. The molecule has 9 heteroatoms. The van der Waals surface area contributed by atoms with Crippen LogP contribution in [0.3, 0.4) is 0 Å². The molecule has 1 amide bonds. The zero-order valence-electron chi connectivity index (χ0n) is 21.6. The highest BCUT2D eigenvalue weighted by molar-refractivity contribution is 6.04. The summed E-state index contributed by atoms with van der Waals surface area (Å²) in [6.45, 7) is 3.44. The Labute approximate surface area is 217 Å². The predicted molar refractivity (Wildman–Crippen MR) is 144 cm³/mol. The molecular formula is C29H26FN3O5. The van der Waals surface area contributed by atoms with Crippen LogP contribution in [0.4, 0.5) is 10.1 Å². The van der Waals surface area contributed by atoms with Crippen LogP contribution in [0.5, 0.6) is 5.75 Å². The Morgan fingerprint density at radius 3 is 2.29 bits per heavy atom. The lowest BCUT2D eigenvalue weighted by molar-refractivity contribution is 0.102. The number of nitrogens with one attached hydrogen (secondary N) is 1. The molecule has 0 aliphatic carbocycles. The molecule has 38 heavy (non-hydrogen) atoms. The van der Waals surface area contributed by atoms with Gasteiger partial charge in [-0.2, -0.15) is 0 Å². The van der Waals surface area contributed by atoms with Crippen LogP contribution in [-0.4, -0.2) is 28.4 Å². The monoisotopic (exact) mass is 515 g/mol. The number of benzene rings is 3. The molecule has 3 aromatic carbocycles. The van der Waals surface area contributed by atoms with Crippen LogP contribution in [0, 0.1) is 19.7 Å². The second kappa shape index (κ2) is 10.3. The zero-order valence-corrected chi connectivity index (χ0v) is 21.6. The molecule has 8 nitrogen and oxygen atoms in total. The summed E-state index contributed by atoms with van der Waals surface area (Å²) in [5.41, 5.74) is 2.98. The summed E-state index contributed by atoms with van der Waals surface area (Å²) in [6, 6.07) is 14.5. The van der Waals surface area contributed by atoms with Crippen molar-refractivity contribution in [2.24, 2.45) is 14.1 Å². The third-order valence-corrected chi connectivity index (χ3v) is 6.61. The Bertz CT molecular complexity index is 1720. The summed E-state index contributed by atoms with van der Waals surface area (Å²) in [6.07, 6.45) is 1.66. The second-order valence-corrected chi connectivity index (χ2v) is 8.91. The Kier molecular flexibility index (Phi) is 7.12. The first kappa shape index (κ1) is 26.3. The number of aryl methyl sites for hydroxylation is 1. The Morgan fingerprint density at radius 1 is 0.974 bits per heavy atom. The molecule has 1 heterocycles. The van der Waals surface area contributed by atoms with Crippen molar-refractivity contribution in [1.82, 2.24) is 9.13 Å². The maximum Gasteiger partial charge on any atom is 0.330 e. The van der Waals surface area contributed by atoms with Gasteiger partial charge in [-0.25, -0.2) is 9.18 Å². The van der Waals surface area contributed by atoms with E-state index in [-0.39, 0.29) is 16.9 Å². The minimum absolute atomic E-state index is 0.127. The summed E-state index contributed by atoms with van der Waals surface area (Å²) in [5, 5.41) is 2.78. The molecule has 0 saturated carbocycles. The van der Waals surface area contributed by atoms with Crippen LogP contribution in [-0.2, 0) is 14.1 Å². The van der Waals surface area contributed by atoms with Gasteiger partial charge in [0.1, 0.15) is 17.1 Å². The maximum absolute atomic E-state index is 14.9. The molecule has 0 spiro atoms. The van der Waals surface area contributed by atoms with E-state index in [4.69, 9.17) is 4.74 Å². The molecule has 0 aliphatic rings. The number of halogens is 1. The van der Waals surface area contributed by atoms with Crippen LogP contribution >= 0.6 is 0 Å². The van der Waals surface area contributed by atoms with Gasteiger partial charge in [-0.1, -0.05) is 30.3 Å². The van der Waals surface area contributed by atoms with Gasteiger partial charge in [0.05, 0.1) is 12.7 Å². The summed E-state index contributed by atoms with van der Waals surface area (Å²) in [4.78, 5) is 48.8. The molecule has 0 fully saturated rings. The third kappa shape index (κ3) is 4.54. The van der Waals surface area contributed by atoms with Crippen LogP contribution in [0.15, 0.2) is 64.3 Å². The van der Waals surface area contributed by atoms with E-state index in [1.807, 2.05) is 37.3 Å². The molecule has 0 bridgehead atoms. The number of aldehydes is 1. The van der Waals surface area contributed by atoms with E-state index in [9.17, 15) is 23.6 Å². The normalized spacial score (nSPS) is 10.8. The summed E-state index contributed by atoms with van der Waals surface area (Å²) < 4.78 is 22.2. The van der Waals surface area contributed by atoms with Gasteiger partial charge in [-0.3, -0.25) is 19.0 Å². The molecule has 1 aromatic heterocycles. The smallest absolute Gasteiger partial charge is 0.330 e. The molecule has 0 unspecified atom stereocenters. The molecule has 0 atom stereocenters. The molecule has 0 saturated heterocycles. The van der Waals surface area contributed by atoms with Crippen molar-refractivity contribution in [1.29, 1.82) is 0 Å². The lowest BCUT2D eigenvalue weighted by atomic mass is 9.93. The van der Waals surface area contributed by atoms with Gasteiger partial charge < -0.3 is 14.6 Å². The molecule has 4 rings (SSSR count). The fourth-order valence-electron chi connectivity index (χ4n) is 4.42. The quantitative estimate of drug-likeness (QED) is 0.387. The van der Waals surface area contributed by atoms with E-state index >= 15 is 0 Å². The highest BCUT2D eigenvalue weighted by Gasteiger charge is 2.19. The number of carbonyl (C=O) groups excluding carboxylic acids is 2. The Balaban J connectivity index is 1.74. The number of carbonyl (C=O) groups is 2. The average molecular weight is 516 g/mol. The van der Waals surface area contributed by atoms with Crippen molar-refractivity contribution in [3.63, 3.8) is 0 Å². The van der Waals surface area contributed by atoms with Crippen LogP contribution < -0.4 is 21.3 Å². The number of nitrogens with zero attached hydrogens (tertiary/aromatic N) is 2. The molecule has 194 valence electrons. The largest absolute Gasteiger partial charge is 0.496 e. The highest BCUT2D eigenvalue weighted by atomic mass is 19.1. The van der Waals surface area contributed by atoms with Crippen LogP contribution in [0.2, 0.25) is 0 Å². The van der Waals surface area contributed by atoms with Gasteiger partial charge >= 0.3 is 5.69 Å². The number of anilines is 1. The molecule has 0 aliphatic heterocycles. The SMILES string of the molecule is COc1cc(-c2cccc(-c3cccc(NC(=O)c4cn(C)c(=O)n(C)c4=O)c3C)c2)c(C)c(F)c1C=O. The number of hydrogen-bond donors (Lipinski definition) is 1. The zero-order chi connectivity index (χ0) is 27.7. The van der Waals surface area contributed by atoms with Gasteiger partial charge in [0.15, 0.2) is 6.29 Å². The summed E-state index contributed by atoms with van der Waals surface area (Å²) in [5.74, 6) is -1.12. The summed E-state index contributed by atoms with van der Waals surface area (Å²) in [7, 11) is 4.16. The Morgan fingerprint density at radius 2 is 1.63 bits per heavy atom. The van der Waals surface area contributed by atoms with Crippen molar-refractivity contribution in [3.05, 3.63) is 104 Å². The van der Waals surface area contributed by atoms with E-state index in [1.165, 1.54) is 32.0 Å². The van der Waals surface area contributed by atoms with Gasteiger partial charge in [0, 0.05) is 26.0 Å². The predicted octanol–water partition coefficient (Wildman–Crippen LogP) is 4.25. The second-order valence-electron chi connectivity index (χ2n) is 8.91. The lowest BCUT2D eigenvalue weighted by Gasteiger charge is -2.16. The number of rotatable bonds is 6. The van der Waals surface area contributed by atoms with E-state index in [1.54, 1.807) is 25.1 Å². The number of ether oxygens (including phenoxy) is 1. The molecule has 1 N–H and O–H groups in total. The van der Waals surface area contributed by atoms with Crippen molar-refractivity contribution < 1.29 is 18.7 Å². The van der Waals surface area contributed by atoms with Crippen molar-refractivity contribution in [3.8, 4) is 28.0 Å². The van der Waals surface area contributed by atoms with Crippen LogP contribution in [0.25, 0.3) is 22.3 Å². The van der Waals surface area contributed by atoms with Gasteiger partial charge in [0.25, 0.3) is 11.5 Å². The fraction of sp³-hybridized carbons (Fsp3) is 0.172.